The van der Waals surface area contributed by atoms with E-state index in [2.05, 4.69) is 0 Å². The van der Waals surface area contributed by atoms with Crippen molar-refractivity contribution in [2.24, 2.45) is 0 Å². The lowest BCUT2D eigenvalue weighted by atomic mass is 10.2. The molecule has 2 unspecified atom stereocenters. The summed E-state index contributed by atoms with van der Waals surface area (Å²) in [4.78, 5) is 0.267. The van der Waals surface area contributed by atoms with Crippen molar-refractivity contribution < 1.29 is 13.2 Å². The molecule has 2 atom stereocenters. The quantitative estimate of drug-likeness (QED) is 0.806. The summed E-state index contributed by atoms with van der Waals surface area (Å²) in [5.41, 5.74) is 6.11. The number of nitrogens with zero attached hydrogens (tertiary/aromatic N) is 1. The van der Waals surface area contributed by atoms with Crippen LogP contribution in [0.1, 0.15) is 12.8 Å². The van der Waals surface area contributed by atoms with E-state index < -0.39 is 10.0 Å². The Hall–Kier alpha value is -1.11. The zero-order valence-electron chi connectivity index (χ0n) is 9.95. The molecular formula is C12H16N2O3S. The van der Waals surface area contributed by atoms with Crippen LogP contribution in [0.15, 0.2) is 29.2 Å². The van der Waals surface area contributed by atoms with E-state index in [-0.39, 0.29) is 17.1 Å². The highest BCUT2D eigenvalue weighted by atomic mass is 32.2. The lowest BCUT2D eigenvalue weighted by Crippen LogP contribution is -2.45. The molecule has 6 heteroatoms. The van der Waals surface area contributed by atoms with E-state index in [1.807, 2.05) is 0 Å². The second kappa shape index (κ2) is 4.22. The number of fused-ring (bicyclic) bond motifs is 2. The van der Waals surface area contributed by atoms with Crippen LogP contribution in [-0.4, -0.2) is 38.0 Å². The van der Waals surface area contributed by atoms with Gasteiger partial charge in [0.05, 0.1) is 17.1 Å². The van der Waals surface area contributed by atoms with E-state index in [9.17, 15) is 8.42 Å². The highest BCUT2D eigenvalue weighted by Gasteiger charge is 2.39. The Morgan fingerprint density at radius 2 is 1.89 bits per heavy atom. The molecule has 0 spiro atoms. The predicted octanol–water partition coefficient (Wildman–Crippen LogP) is 0.821. The number of morpholine rings is 1. The lowest BCUT2D eigenvalue weighted by molar-refractivity contribution is -0.0114. The van der Waals surface area contributed by atoms with E-state index in [1.54, 1.807) is 18.2 Å². The fourth-order valence-corrected chi connectivity index (χ4v) is 4.16. The summed E-state index contributed by atoms with van der Waals surface area (Å²) >= 11 is 0. The first-order valence-corrected chi connectivity index (χ1v) is 7.51. The summed E-state index contributed by atoms with van der Waals surface area (Å²) in [5, 5.41) is 0. The van der Waals surface area contributed by atoms with Crippen molar-refractivity contribution in [2.45, 2.75) is 29.9 Å². The van der Waals surface area contributed by atoms with Gasteiger partial charge < -0.3 is 10.5 Å². The molecule has 0 aromatic heterocycles. The molecule has 2 saturated heterocycles. The van der Waals surface area contributed by atoms with Crippen molar-refractivity contribution in [1.82, 2.24) is 4.31 Å². The van der Waals surface area contributed by atoms with Gasteiger partial charge in [0.1, 0.15) is 0 Å². The topological polar surface area (TPSA) is 72.6 Å². The number of rotatable bonds is 2. The van der Waals surface area contributed by atoms with E-state index in [4.69, 9.17) is 10.5 Å². The number of ether oxygens (including phenoxy) is 1. The standard InChI is InChI=1S/C12H16N2O3S/c13-9-2-1-3-12(6-9)18(15,16)14-7-10-4-5-11(8-14)17-10/h1-3,6,10-11H,4-5,7-8,13H2. The monoisotopic (exact) mass is 268 g/mol. The van der Waals surface area contributed by atoms with Crippen molar-refractivity contribution in [3.05, 3.63) is 24.3 Å². The van der Waals surface area contributed by atoms with Crippen LogP contribution < -0.4 is 5.73 Å². The molecule has 3 rings (SSSR count). The van der Waals surface area contributed by atoms with Crippen molar-refractivity contribution in [2.75, 3.05) is 18.8 Å². The molecule has 1 aromatic carbocycles. The molecule has 98 valence electrons. The van der Waals surface area contributed by atoms with Gasteiger partial charge in [-0.15, -0.1) is 0 Å². The second-order valence-corrected chi connectivity index (χ2v) is 6.79. The zero-order valence-corrected chi connectivity index (χ0v) is 10.8. The van der Waals surface area contributed by atoms with Crippen molar-refractivity contribution >= 4 is 15.7 Å². The van der Waals surface area contributed by atoms with Gasteiger partial charge in [0.15, 0.2) is 0 Å². The summed E-state index contributed by atoms with van der Waals surface area (Å²) in [6.07, 6.45) is 2.01. The zero-order chi connectivity index (χ0) is 12.8. The van der Waals surface area contributed by atoms with Gasteiger partial charge in [-0.1, -0.05) is 6.07 Å². The largest absolute Gasteiger partial charge is 0.399 e. The Kier molecular flexibility index (Phi) is 2.80. The number of anilines is 1. The van der Waals surface area contributed by atoms with Crippen LogP contribution in [-0.2, 0) is 14.8 Å². The van der Waals surface area contributed by atoms with Gasteiger partial charge in [-0.3, -0.25) is 0 Å². The van der Waals surface area contributed by atoms with Crippen molar-refractivity contribution in [3.63, 3.8) is 0 Å². The fraction of sp³-hybridized carbons (Fsp3) is 0.500. The summed E-state index contributed by atoms with van der Waals surface area (Å²) in [6.45, 7) is 0.904. The van der Waals surface area contributed by atoms with E-state index >= 15 is 0 Å². The summed E-state index contributed by atoms with van der Waals surface area (Å²) in [5.74, 6) is 0. The molecule has 2 fully saturated rings. The van der Waals surface area contributed by atoms with Crippen LogP contribution in [0.25, 0.3) is 0 Å². The Bertz CT molecular complexity index is 546. The summed E-state index contributed by atoms with van der Waals surface area (Å²) < 4.78 is 32.1. The predicted molar refractivity (Wildman–Crippen MR) is 67.5 cm³/mol. The smallest absolute Gasteiger partial charge is 0.243 e. The van der Waals surface area contributed by atoms with Crippen LogP contribution in [0.2, 0.25) is 0 Å². The number of nitrogen functional groups attached to an aromatic ring is 1. The maximum absolute atomic E-state index is 12.5. The Balaban J connectivity index is 1.91. The number of sulfonamides is 1. The first-order valence-electron chi connectivity index (χ1n) is 6.07. The van der Waals surface area contributed by atoms with Gasteiger partial charge in [0, 0.05) is 18.8 Å². The molecule has 0 amide bonds. The van der Waals surface area contributed by atoms with Crippen LogP contribution in [0.4, 0.5) is 5.69 Å². The molecule has 2 aliphatic heterocycles. The minimum atomic E-state index is -3.44. The maximum Gasteiger partial charge on any atom is 0.243 e. The first-order chi connectivity index (χ1) is 8.55. The molecule has 5 nitrogen and oxygen atoms in total. The van der Waals surface area contributed by atoms with Gasteiger partial charge in [0.25, 0.3) is 0 Å². The van der Waals surface area contributed by atoms with Gasteiger partial charge in [-0.2, -0.15) is 4.31 Å². The minimum Gasteiger partial charge on any atom is -0.399 e. The van der Waals surface area contributed by atoms with Crippen molar-refractivity contribution in [1.29, 1.82) is 0 Å². The fourth-order valence-electron chi connectivity index (χ4n) is 2.60. The van der Waals surface area contributed by atoms with Gasteiger partial charge in [-0.05, 0) is 31.0 Å². The number of benzene rings is 1. The number of hydrogen-bond donors (Lipinski definition) is 1. The molecule has 1 aromatic rings. The molecule has 2 N–H and O–H groups in total. The van der Waals surface area contributed by atoms with Crippen molar-refractivity contribution in [3.8, 4) is 0 Å². The third-order valence-corrected chi connectivity index (χ3v) is 5.33. The summed E-state index contributed by atoms with van der Waals surface area (Å²) in [6, 6.07) is 6.44. The molecule has 0 aliphatic carbocycles. The Labute approximate surface area is 107 Å². The molecular weight excluding hydrogens is 252 g/mol. The van der Waals surface area contributed by atoms with Crippen LogP contribution in [0, 0.1) is 0 Å². The van der Waals surface area contributed by atoms with E-state index in [0.29, 0.717) is 18.8 Å². The van der Waals surface area contributed by atoms with Gasteiger partial charge >= 0.3 is 0 Å². The highest BCUT2D eigenvalue weighted by Crippen LogP contribution is 2.30. The molecule has 2 heterocycles. The normalized spacial score (nSPS) is 28.4. The molecule has 18 heavy (non-hydrogen) atoms. The first kappa shape index (κ1) is 12.0. The van der Waals surface area contributed by atoms with E-state index in [1.165, 1.54) is 10.4 Å². The number of hydrogen-bond acceptors (Lipinski definition) is 4. The third-order valence-electron chi connectivity index (χ3n) is 3.51. The molecule has 2 bridgehead atoms. The molecule has 0 saturated carbocycles. The van der Waals surface area contributed by atoms with E-state index in [0.717, 1.165) is 12.8 Å². The average molecular weight is 268 g/mol. The maximum atomic E-state index is 12.5. The molecule has 2 aliphatic rings. The SMILES string of the molecule is Nc1cccc(S(=O)(=O)N2CC3CCC(C2)O3)c1. The Morgan fingerprint density at radius 1 is 1.22 bits per heavy atom. The highest BCUT2D eigenvalue weighted by molar-refractivity contribution is 7.89. The van der Waals surface area contributed by atoms with Crippen LogP contribution in [0.5, 0.6) is 0 Å². The molecule has 0 radical (unpaired) electrons. The third kappa shape index (κ3) is 2.00. The Morgan fingerprint density at radius 3 is 2.50 bits per heavy atom. The second-order valence-electron chi connectivity index (χ2n) is 4.85. The minimum absolute atomic E-state index is 0.0552. The van der Waals surface area contributed by atoms with Gasteiger partial charge in [0.2, 0.25) is 10.0 Å². The van der Waals surface area contributed by atoms with Crippen LogP contribution >= 0.6 is 0 Å². The van der Waals surface area contributed by atoms with Gasteiger partial charge in [-0.25, -0.2) is 8.42 Å². The number of nitrogens with two attached hydrogens (primary N) is 1. The lowest BCUT2D eigenvalue weighted by Gasteiger charge is -2.31. The summed E-state index contributed by atoms with van der Waals surface area (Å²) in [7, 11) is -3.44. The average Bonchev–Trinajstić information content (AvgIpc) is 2.68. The van der Waals surface area contributed by atoms with Crippen LogP contribution in [0.3, 0.4) is 0 Å².